The first kappa shape index (κ1) is 20.9. The van der Waals surface area contributed by atoms with Gasteiger partial charge in [0.1, 0.15) is 0 Å². The van der Waals surface area contributed by atoms with E-state index in [2.05, 4.69) is 22.5 Å². The zero-order valence-corrected chi connectivity index (χ0v) is 16.1. The van der Waals surface area contributed by atoms with Crippen LogP contribution in [0.2, 0.25) is 0 Å². The molecule has 2 aliphatic rings. The van der Waals surface area contributed by atoms with Crippen molar-refractivity contribution in [2.24, 2.45) is 0 Å². The summed E-state index contributed by atoms with van der Waals surface area (Å²) >= 11 is 0. The number of hydrogen-bond acceptors (Lipinski definition) is 5. The van der Waals surface area contributed by atoms with Crippen molar-refractivity contribution in [3.05, 3.63) is 0 Å². The quantitative estimate of drug-likeness (QED) is 0.518. The predicted octanol–water partition coefficient (Wildman–Crippen LogP) is 0.724. The van der Waals surface area contributed by atoms with E-state index in [0.29, 0.717) is 6.54 Å². The Bertz CT molecular complexity index is 456. The number of hydrogen-bond donors (Lipinski definition) is 3. The molecular weight excluding hydrogens is 336 g/mol. The first-order chi connectivity index (χ1) is 12.5. The van der Waals surface area contributed by atoms with E-state index < -0.39 is 5.97 Å². The highest BCUT2D eigenvalue weighted by atomic mass is 16.5. The number of carbonyl (C=O) groups is 2. The van der Waals surface area contributed by atoms with Crippen LogP contribution in [0.25, 0.3) is 0 Å². The van der Waals surface area contributed by atoms with Gasteiger partial charge < -0.3 is 25.4 Å². The second kappa shape index (κ2) is 10.7. The maximum atomic E-state index is 12.0. The van der Waals surface area contributed by atoms with Crippen molar-refractivity contribution in [2.75, 3.05) is 45.9 Å². The summed E-state index contributed by atoms with van der Waals surface area (Å²) in [6, 6.07) is 0.280. The van der Waals surface area contributed by atoms with Gasteiger partial charge in [-0.05, 0) is 45.7 Å². The SMILES string of the molecule is CCN(CC(=O)O)C1CC(NC(=O)NCCCN2CCCOC(C)C2)C1. The van der Waals surface area contributed by atoms with Gasteiger partial charge in [-0.15, -0.1) is 0 Å². The largest absolute Gasteiger partial charge is 0.480 e. The summed E-state index contributed by atoms with van der Waals surface area (Å²) in [5, 5.41) is 14.8. The smallest absolute Gasteiger partial charge is 0.317 e. The number of aliphatic carboxylic acids is 1. The molecule has 1 saturated carbocycles. The van der Waals surface area contributed by atoms with Crippen molar-refractivity contribution < 1.29 is 19.4 Å². The Balaban J connectivity index is 1.54. The Morgan fingerprint density at radius 2 is 2.12 bits per heavy atom. The lowest BCUT2D eigenvalue weighted by Crippen LogP contribution is -2.56. The van der Waals surface area contributed by atoms with Crippen molar-refractivity contribution in [1.29, 1.82) is 0 Å². The number of urea groups is 1. The molecule has 2 rings (SSSR count). The number of ether oxygens (including phenoxy) is 1. The molecule has 8 nitrogen and oxygen atoms in total. The summed E-state index contributed by atoms with van der Waals surface area (Å²) in [7, 11) is 0. The summed E-state index contributed by atoms with van der Waals surface area (Å²) in [5.74, 6) is -0.800. The van der Waals surface area contributed by atoms with Crippen molar-refractivity contribution in [1.82, 2.24) is 20.4 Å². The highest BCUT2D eigenvalue weighted by Gasteiger charge is 2.34. The Morgan fingerprint density at radius 3 is 2.81 bits per heavy atom. The van der Waals surface area contributed by atoms with Crippen LogP contribution in [0.1, 0.15) is 39.5 Å². The fraction of sp³-hybridized carbons (Fsp3) is 0.889. The lowest BCUT2D eigenvalue weighted by molar-refractivity contribution is -0.139. The highest BCUT2D eigenvalue weighted by molar-refractivity contribution is 5.74. The van der Waals surface area contributed by atoms with E-state index in [0.717, 1.165) is 58.5 Å². The number of carboxylic acids is 1. The molecule has 1 aliphatic carbocycles. The normalized spacial score (nSPS) is 26.8. The Hall–Kier alpha value is -1.38. The molecule has 0 aromatic heterocycles. The van der Waals surface area contributed by atoms with Crippen LogP contribution in [0, 0.1) is 0 Å². The molecule has 8 heteroatoms. The average Bonchev–Trinajstić information content (AvgIpc) is 2.76. The molecule has 1 saturated heterocycles. The predicted molar refractivity (Wildman–Crippen MR) is 99.3 cm³/mol. The Kier molecular flexibility index (Phi) is 8.61. The van der Waals surface area contributed by atoms with Crippen LogP contribution < -0.4 is 10.6 Å². The summed E-state index contributed by atoms with van der Waals surface area (Å²) in [6.45, 7) is 9.34. The molecule has 1 unspecified atom stereocenters. The molecule has 0 aromatic rings. The van der Waals surface area contributed by atoms with E-state index in [-0.39, 0.29) is 30.8 Å². The molecule has 150 valence electrons. The molecule has 2 amide bonds. The first-order valence-corrected chi connectivity index (χ1v) is 9.82. The molecule has 0 spiro atoms. The number of carbonyl (C=O) groups excluding carboxylic acids is 1. The molecule has 0 radical (unpaired) electrons. The number of nitrogens with zero attached hydrogens (tertiary/aromatic N) is 2. The molecular formula is C18H34N4O4. The van der Waals surface area contributed by atoms with Crippen LogP contribution in [0.5, 0.6) is 0 Å². The van der Waals surface area contributed by atoms with Crippen LogP contribution >= 0.6 is 0 Å². The maximum absolute atomic E-state index is 12.0. The molecule has 0 bridgehead atoms. The fourth-order valence-corrected chi connectivity index (χ4v) is 3.70. The third kappa shape index (κ3) is 7.09. The van der Waals surface area contributed by atoms with Crippen LogP contribution in [-0.4, -0.2) is 91.0 Å². The number of likely N-dealkylation sites (N-methyl/N-ethyl adjacent to an activating group) is 1. The monoisotopic (exact) mass is 370 g/mol. The maximum Gasteiger partial charge on any atom is 0.317 e. The van der Waals surface area contributed by atoms with Crippen molar-refractivity contribution >= 4 is 12.0 Å². The van der Waals surface area contributed by atoms with Gasteiger partial charge in [0.05, 0.1) is 12.6 Å². The summed E-state index contributed by atoms with van der Waals surface area (Å²) < 4.78 is 5.64. The van der Waals surface area contributed by atoms with Gasteiger partial charge in [-0.1, -0.05) is 6.92 Å². The van der Waals surface area contributed by atoms with Crippen molar-refractivity contribution in [2.45, 2.75) is 57.7 Å². The summed E-state index contributed by atoms with van der Waals surface area (Å²) in [5.41, 5.74) is 0. The molecule has 1 aliphatic heterocycles. The number of rotatable bonds is 9. The van der Waals surface area contributed by atoms with E-state index in [1.165, 1.54) is 0 Å². The third-order valence-electron chi connectivity index (χ3n) is 5.18. The van der Waals surface area contributed by atoms with Gasteiger partial charge in [0.2, 0.25) is 0 Å². The molecule has 1 heterocycles. The molecule has 1 atom stereocenters. The van der Waals surface area contributed by atoms with Gasteiger partial charge in [-0.3, -0.25) is 9.69 Å². The minimum Gasteiger partial charge on any atom is -0.480 e. The van der Waals surface area contributed by atoms with Crippen LogP contribution in [0.15, 0.2) is 0 Å². The van der Waals surface area contributed by atoms with Gasteiger partial charge in [0, 0.05) is 38.3 Å². The molecule has 26 heavy (non-hydrogen) atoms. The van der Waals surface area contributed by atoms with Gasteiger partial charge in [0.15, 0.2) is 0 Å². The average molecular weight is 370 g/mol. The van der Waals surface area contributed by atoms with Crippen molar-refractivity contribution in [3.63, 3.8) is 0 Å². The van der Waals surface area contributed by atoms with Gasteiger partial charge in [-0.2, -0.15) is 0 Å². The standard InChI is InChI=1S/C18H34N4O4/c1-3-22(13-17(23)24)16-10-15(11-16)20-18(25)19-6-4-7-21-8-5-9-26-14(2)12-21/h14-16H,3-13H2,1-2H3,(H,23,24)(H2,19,20,25). The molecule has 3 N–H and O–H groups in total. The highest BCUT2D eigenvalue weighted by Crippen LogP contribution is 2.25. The fourth-order valence-electron chi connectivity index (χ4n) is 3.70. The van der Waals surface area contributed by atoms with E-state index in [9.17, 15) is 9.59 Å². The number of nitrogens with one attached hydrogen (secondary N) is 2. The molecule has 0 aromatic carbocycles. The van der Waals surface area contributed by atoms with Gasteiger partial charge >= 0.3 is 12.0 Å². The topological polar surface area (TPSA) is 94.1 Å². The van der Waals surface area contributed by atoms with E-state index >= 15 is 0 Å². The van der Waals surface area contributed by atoms with E-state index in [1.54, 1.807) is 0 Å². The number of carboxylic acid groups (broad SMARTS) is 1. The Labute approximate surface area is 156 Å². The first-order valence-electron chi connectivity index (χ1n) is 9.82. The second-order valence-electron chi connectivity index (χ2n) is 7.37. The minimum absolute atomic E-state index is 0.0697. The zero-order valence-electron chi connectivity index (χ0n) is 16.1. The summed E-state index contributed by atoms with van der Waals surface area (Å²) in [6.07, 6.45) is 3.91. The minimum atomic E-state index is -0.800. The van der Waals surface area contributed by atoms with Crippen molar-refractivity contribution in [3.8, 4) is 0 Å². The molecule has 2 fully saturated rings. The number of amides is 2. The van der Waals surface area contributed by atoms with Crippen LogP contribution in [0.4, 0.5) is 4.79 Å². The Morgan fingerprint density at radius 1 is 1.35 bits per heavy atom. The lowest BCUT2D eigenvalue weighted by Gasteiger charge is -2.42. The third-order valence-corrected chi connectivity index (χ3v) is 5.18. The lowest BCUT2D eigenvalue weighted by atomic mass is 9.85. The summed E-state index contributed by atoms with van der Waals surface area (Å²) in [4.78, 5) is 27.2. The second-order valence-corrected chi connectivity index (χ2v) is 7.37. The van der Waals surface area contributed by atoms with Gasteiger partial charge in [-0.25, -0.2) is 4.79 Å². The van der Waals surface area contributed by atoms with Crippen LogP contribution in [-0.2, 0) is 9.53 Å². The van der Waals surface area contributed by atoms with Gasteiger partial charge in [0.25, 0.3) is 0 Å². The zero-order chi connectivity index (χ0) is 18.9. The van der Waals surface area contributed by atoms with E-state index in [4.69, 9.17) is 9.84 Å². The van der Waals surface area contributed by atoms with E-state index in [1.807, 2.05) is 11.8 Å². The van der Waals surface area contributed by atoms with Crippen LogP contribution in [0.3, 0.4) is 0 Å².